The molecule has 1 saturated heterocycles. The quantitative estimate of drug-likeness (QED) is 0.885. The van der Waals surface area contributed by atoms with Crippen molar-refractivity contribution >= 4 is 17.5 Å². The highest BCUT2D eigenvalue weighted by molar-refractivity contribution is 5.92. The summed E-state index contributed by atoms with van der Waals surface area (Å²) >= 11 is 0. The van der Waals surface area contributed by atoms with Crippen LogP contribution in [0, 0.1) is 5.92 Å². The van der Waals surface area contributed by atoms with Gasteiger partial charge in [0.1, 0.15) is 0 Å². The first-order valence-electron chi connectivity index (χ1n) is 7.38. The van der Waals surface area contributed by atoms with Crippen molar-refractivity contribution in [3.05, 3.63) is 29.8 Å². The summed E-state index contributed by atoms with van der Waals surface area (Å²) in [7, 11) is 1.77. The number of piperidine rings is 1. The van der Waals surface area contributed by atoms with E-state index in [1.165, 1.54) is 0 Å². The first kappa shape index (κ1) is 15.5. The molecule has 0 saturated carbocycles. The Bertz CT molecular complexity index is 510. The fourth-order valence-corrected chi connectivity index (χ4v) is 2.45. The van der Waals surface area contributed by atoms with Crippen molar-refractivity contribution in [2.24, 2.45) is 5.92 Å². The maximum absolute atomic E-state index is 12.2. The van der Waals surface area contributed by atoms with Crippen LogP contribution < -0.4 is 10.6 Å². The van der Waals surface area contributed by atoms with Gasteiger partial charge in [-0.15, -0.1) is 0 Å². The number of anilines is 1. The van der Waals surface area contributed by atoms with Crippen molar-refractivity contribution in [1.29, 1.82) is 0 Å². The Balaban J connectivity index is 1.97. The molecule has 1 aliphatic rings. The van der Waals surface area contributed by atoms with Crippen molar-refractivity contribution in [3.8, 4) is 0 Å². The molecule has 1 atom stereocenters. The second-order valence-corrected chi connectivity index (χ2v) is 5.61. The molecule has 0 radical (unpaired) electrons. The van der Waals surface area contributed by atoms with Crippen LogP contribution in [0.2, 0.25) is 0 Å². The van der Waals surface area contributed by atoms with Crippen molar-refractivity contribution in [1.82, 2.24) is 10.2 Å². The number of hydrogen-bond donors (Lipinski definition) is 2. The number of hydrogen-bond acceptors (Lipinski definition) is 3. The summed E-state index contributed by atoms with van der Waals surface area (Å²) in [5.41, 5.74) is 1.80. The lowest BCUT2D eigenvalue weighted by atomic mass is 9.99. The number of carbonyl (C=O) groups excluding carboxylic acids is 2. The third-order valence-corrected chi connectivity index (χ3v) is 3.82. The number of nitrogens with one attached hydrogen (secondary N) is 2. The first-order chi connectivity index (χ1) is 10.1. The van der Waals surface area contributed by atoms with Crippen molar-refractivity contribution < 1.29 is 9.59 Å². The largest absolute Gasteiger partial charge is 0.342 e. The Morgan fingerprint density at radius 3 is 2.90 bits per heavy atom. The van der Waals surface area contributed by atoms with Gasteiger partial charge in [-0.3, -0.25) is 9.59 Å². The van der Waals surface area contributed by atoms with Gasteiger partial charge in [-0.2, -0.15) is 0 Å². The fraction of sp³-hybridized carbons (Fsp3) is 0.500. The minimum atomic E-state index is 0.0257. The van der Waals surface area contributed by atoms with E-state index in [4.69, 9.17) is 0 Å². The van der Waals surface area contributed by atoms with Crippen LogP contribution in [-0.4, -0.2) is 36.9 Å². The standard InChI is InChI=1S/C16H23N3O2/c1-12(20)19(2)11-13-5-3-7-15(9-13)18-16(21)14-6-4-8-17-10-14/h3,5,7,9,14,17H,4,6,8,10-11H2,1-2H3,(H,18,21)/t14-/m0/s1. The molecule has 1 aromatic carbocycles. The highest BCUT2D eigenvalue weighted by Gasteiger charge is 2.20. The molecule has 1 heterocycles. The third-order valence-electron chi connectivity index (χ3n) is 3.82. The van der Waals surface area contributed by atoms with Gasteiger partial charge >= 0.3 is 0 Å². The minimum Gasteiger partial charge on any atom is -0.342 e. The summed E-state index contributed by atoms with van der Waals surface area (Å²) in [6.07, 6.45) is 1.98. The molecule has 0 unspecified atom stereocenters. The lowest BCUT2D eigenvalue weighted by molar-refractivity contribution is -0.128. The fourth-order valence-electron chi connectivity index (χ4n) is 2.45. The molecule has 2 amide bonds. The molecule has 0 aromatic heterocycles. The molecular formula is C16H23N3O2. The molecule has 2 N–H and O–H groups in total. The number of carbonyl (C=O) groups is 2. The smallest absolute Gasteiger partial charge is 0.228 e. The zero-order chi connectivity index (χ0) is 15.2. The topological polar surface area (TPSA) is 61.4 Å². The third kappa shape index (κ3) is 4.56. The first-order valence-corrected chi connectivity index (χ1v) is 7.38. The highest BCUT2D eigenvalue weighted by Crippen LogP contribution is 2.16. The van der Waals surface area contributed by atoms with Crippen LogP contribution in [0.3, 0.4) is 0 Å². The molecule has 5 nitrogen and oxygen atoms in total. The summed E-state index contributed by atoms with van der Waals surface area (Å²) in [6, 6.07) is 7.66. The maximum atomic E-state index is 12.2. The number of amides is 2. The highest BCUT2D eigenvalue weighted by atomic mass is 16.2. The number of nitrogens with zero attached hydrogens (tertiary/aromatic N) is 1. The van der Waals surface area contributed by atoms with Gasteiger partial charge in [-0.05, 0) is 37.1 Å². The van der Waals surface area contributed by atoms with Crippen LogP contribution in [0.15, 0.2) is 24.3 Å². The molecule has 0 bridgehead atoms. The molecule has 5 heteroatoms. The molecule has 0 spiro atoms. The van der Waals surface area contributed by atoms with Crippen LogP contribution in [-0.2, 0) is 16.1 Å². The van der Waals surface area contributed by atoms with E-state index < -0.39 is 0 Å². The minimum absolute atomic E-state index is 0.0257. The van der Waals surface area contributed by atoms with Crippen LogP contribution in [0.1, 0.15) is 25.3 Å². The van der Waals surface area contributed by atoms with Gasteiger partial charge in [0, 0.05) is 32.7 Å². The second kappa shape index (κ2) is 7.22. The molecule has 1 aromatic rings. The van der Waals surface area contributed by atoms with E-state index >= 15 is 0 Å². The van der Waals surface area contributed by atoms with Gasteiger partial charge in [0.25, 0.3) is 0 Å². The van der Waals surface area contributed by atoms with E-state index in [-0.39, 0.29) is 17.7 Å². The summed E-state index contributed by atoms with van der Waals surface area (Å²) in [6.45, 7) is 3.83. The predicted octanol–water partition coefficient (Wildman–Crippen LogP) is 1.60. The monoisotopic (exact) mass is 289 g/mol. The van der Waals surface area contributed by atoms with Gasteiger partial charge in [-0.1, -0.05) is 12.1 Å². The Morgan fingerprint density at radius 2 is 2.24 bits per heavy atom. The predicted molar refractivity (Wildman–Crippen MR) is 82.8 cm³/mol. The van der Waals surface area contributed by atoms with Crippen molar-refractivity contribution in [2.45, 2.75) is 26.3 Å². The number of benzene rings is 1. The van der Waals surface area contributed by atoms with E-state index in [9.17, 15) is 9.59 Å². The van der Waals surface area contributed by atoms with Crippen LogP contribution >= 0.6 is 0 Å². The van der Waals surface area contributed by atoms with Gasteiger partial charge < -0.3 is 15.5 Å². The van der Waals surface area contributed by atoms with E-state index in [1.54, 1.807) is 18.9 Å². The average molecular weight is 289 g/mol. The van der Waals surface area contributed by atoms with E-state index in [1.807, 2.05) is 24.3 Å². The van der Waals surface area contributed by atoms with E-state index in [0.717, 1.165) is 37.2 Å². The van der Waals surface area contributed by atoms with Gasteiger partial charge in [0.2, 0.25) is 11.8 Å². The molecule has 1 fully saturated rings. The SMILES string of the molecule is CC(=O)N(C)Cc1cccc(NC(=O)[C@H]2CCCNC2)c1. The second-order valence-electron chi connectivity index (χ2n) is 5.61. The van der Waals surface area contributed by atoms with Crippen LogP contribution in [0.5, 0.6) is 0 Å². The maximum Gasteiger partial charge on any atom is 0.228 e. The average Bonchev–Trinajstić information content (AvgIpc) is 2.48. The summed E-state index contributed by atoms with van der Waals surface area (Å²) < 4.78 is 0. The molecule has 114 valence electrons. The van der Waals surface area contributed by atoms with E-state index in [2.05, 4.69) is 10.6 Å². The molecule has 2 rings (SSSR count). The van der Waals surface area contributed by atoms with Crippen molar-refractivity contribution in [2.75, 3.05) is 25.5 Å². The molecular weight excluding hydrogens is 266 g/mol. The Labute approximate surface area is 125 Å². The normalized spacial score (nSPS) is 18.1. The van der Waals surface area contributed by atoms with Crippen LogP contribution in [0.25, 0.3) is 0 Å². The summed E-state index contributed by atoms with van der Waals surface area (Å²) in [4.78, 5) is 25.1. The van der Waals surface area contributed by atoms with Gasteiger partial charge in [0.15, 0.2) is 0 Å². The summed E-state index contributed by atoms with van der Waals surface area (Å²) in [5.74, 6) is 0.138. The Kier molecular flexibility index (Phi) is 5.33. The summed E-state index contributed by atoms with van der Waals surface area (Å²) in [5, 5.41) is 6.22. The Hall–Kier alpha value is -1.88. The lowest BCUT2D eigenvalue weighted by Gasteiger charge is -2.22. The van der Waals surface area contributed by atoms with Crippen molar-refractivity contribution in [3.63, 3.8) is 0 Å². The zero-order valence-electron chi connectivity index (χ0n) is 12.7. The molecule has 0 aliphatic carbocycles. The van der Waals surface area contributed by atoms with E-state index in [0.29, 0.717) is 6.54 Å². The van der Waals surface area contributed by atoms with Gasteiger partial charge in [0.05, 0.1) is 5.92 Å². The van der Waals surface area contributed by atoms with Crippen LogP contribution in [0.4, 0.5) is 5.69 Å². The molecule has 1 aliphatic heterocycles. The molecule has 21 heavy (non-hydrogen) atoms. The zero-order valence-corrected chi connectivity index (χ0v) is 12.7. The lowest BCUT2D eigenvalue weighted by Crippen LogP contribution is -2.37. The number of rotatable bonds is 4. The Morgan fingerprint density at radius 1 is 1.43 bits per heavy atom. The van der Waals surface area contributed by atoms with Gasteiger partial charge in [-0.25, -0.2) is 0 Å².